The second-order valence-electron chi connectivity index (χ2n) is 5.68. The number of ether oxygens (including phenoxy) is 1. The van der Waals surface area contributed by atoms with E-state index in [2.05, 4.69) is 9.97 Å². The number of nitrogens with zero attached hydrogens (tertiary/aromatic N) is 2. The Balaban J connectivity index is 1.78. The SMILES string of the molecule is NC(=O)[C@@H](O)[C@H](O)c1ccnc(-c2ccc(Oc3ccc(F)cc3)cc2)n1. The van der Waals surface area contributed by atoms with Gasteiger partial charge in [-0.25, -0.2) is 14.4 Å². The van der Waals surface area contributed by atoms with E-state index in [0.717, 1.165) is 0 Å². The summed E-state index contributed by atoms with van der Waals surface area (Å²) in [5.41, 5.74) is 5.68. The van der Waals surface area contributed by atoms with Crippen LogP contribution < -0.4 is 10.5 Å². The van der Waals surface area contributed by atoms with Gasteiger partial charge in [0.1, 0.15) is 23.4 Å². The summed E-state index contributed by atoms with van der Waals surface area (Å²) in [7, 11) is 0. The highest BCUT2D eigenvalue weighted by atomic mass is 19.1. The molecule has 7 nitrogen and oxygen atoms in total. The zero-order valence-corrected chi connectivity index (χ0v) is 14.0. The van der Waals surface area contributed by atoms with Gasteiger partial charge in [-0.05, 0) is 54.6 Å². The smallest absolute Gasteiger partial charge is 0.249 e. The maximum Gasteiger partial charge on any atom is 0.249 e. The quantitative estimate of drug-likeness (QED) is 0.611. The molecule has 0 aliphatic carbocycles. The fourth-order valence-corrected chi connectivity index (χ4v) is 2.30. The van der Waals surface area contributed by atoms with Gasteiger partial charge in [-0.3, -0.25) is 4.79 Å². The van der Waals surface area contributed by atoms with Crippen LogP contribution in [0.15, 0.2) is 60.8 Å². The van der Waals surface area contributed by atoms with Crippen molar-refractivity contribution in [3.05, 3.63) is 72.3 Å². The maximum atomic E-state index is 12.9. The summed E-state index contributed by atoms with van der Waals surface area (Å²) in [4.78, 5) is 19.3. The summed E-state index contributed by atoms with van der Waals surface area (Å²) in [5.74, 6) is -0.0865. The molecule has 3 aromatic rings. The van der Waals surface area contributed by atoms with E-state index in [9.17, 15) is 19.4 Å². The molecule has 1 heterocycles. The average molecular weight is 369 g/mol. The first kappa shape index (κ1) is 18.4. The molecule has 0 fully saturated rings. The van der Waals surface area contributed by atoms with Gasteiger partial charge in [0.15, 0.2) is 11.9 Å². The minimum absolute atomic E-state index is 0.0675. The van der Waals surface area contributed by atoms with Crippen LogP contribution in [-0.4, -0.2) is 32.2 Å². The monoisotopic (exact) mass is 369 g/mol. The molecule has 0 radical (unpaired) electrons. The Morgan fingerprint density at radius 3 is 2.19 bits per heavy atom. The molecule has 1 amide bonds. The minimum Gasteiger partial charge on any atom is -0.457 e. The molecule has 138 valence electrons. The minimum atomic E-state index is -1.76. The number of aliphatic hydroxyl groups is 2. The molecule has 8 heteroatoms. The molecule has 3 rings (SSSR count). The van der Waals surface area contributed by atoms with Crippen LogP contribution >= 0.6 is 0 Å². The number of benzene rings is 2. The van der Waals surface area contributed by atoms with E-state index in [-0.39, 0.29) is 17.3 Å². The Labute approximate surface area is 153 Å². The number of carbonyl (C=O) groups is 1. The molecule has 0 bridgehead atoms. The lowest BCUT2D eigenvalue weighted by atomic mass is 10.1. The van der Waals surface area contributed by atoms with Crippen molar-refractivity contribution < 1.29 is 24.1 Å². The third kappa shape index (κ3) is 4.43. The van der Waals surface area contributed by atoms with Crippen molar-refractivity contribution in [2.75, 3.05) is 0 Å². The van der Waals surface area contributed by atoms with Gasteiger partial charge in [-0.1, -0.05) is 0 Å². The van der Waals surface area contributed by atoms with Crippen LogP contribution in [0.5, 0.6) is 11.5 Å². The Morgan fingerprint density at radius 1 is 1.00 bits per heavy atom. The third-order valence-corrected chi connectivity index (χ3v) is 3.73. The van der Waals surface area contributed by atoms with E-state index in [1.807, 2.05) is 0 Å². The van der Waals surface area contributed by atoms with Gasteiger partial charge in [-0.2, -0.15) is 0 Å². The lowest BCUT2D eigenvalue weighted by Crippen LogP contribution is -2.34. The highest BCUT2D eigenvalue weighted by Crippen LogP contribution is 2.25. The first-order valence-electron chi connectivity index (χ1n) is 7.96. The predicted molar refractivity (Wildman–Crippen MR) is 94.1 cm³/mol. The average Bonchev–Trinajstić information content (AvgIpc) is 2.69. The van der Waals surface area contributed by atoms with Crippen LogP contribution in [-0.2, 0) is 4.79 Å². The number of rotatable bonds is 6. The Hall–Kier alpha value is -3.36. The zero-order chi connectivity index (χ0) is 19.4. The van der Waals surface area contributed by atoms with E-state index >= 15 is 0 Å². The van der Waals surface area contributed by atoms with E-state index in [0.29, 0.717) is 17.1 Å². The number of primary amides is 1. The summed E-state index contributed by atoms with van der Waals surface area (Å²) in [6.45, 7) is 0. The normalized spacial score (nSPS) is 13.0. The van der Waals surface area contributed by atoms with Crippen LogP contribution in [0.1, 0.15) is 11.8 Å². The third-order valence-electron chi connectivity index (χ3n) is 3.73. The summed E-state index contributed by atoms with van der Waals surface area (Å²) in [6, 6.07) is 13.8. The second kappa shape index (κ2) is 7.90. The zero-order valence-electron chi connectivity index (χ0n) is 14.0. The van der Waals surface area contributed by atoms with Crippen LogP contribution in [0.3, 0.4) is 0 Å². The van der Waals surface area contributed by atoms with Crippen molar-refractivity contribution in [1.29, 1.82) is 0 Å². The molecular weight excluding hydrogens is 353 g/mol. The lowest BCUT2D eigenvalue weighted by molar-refractivity contribution is -0.132. The molecular formula is C19H16FN3O4. The number of halogens is 1. The fraction of sp³-hybridized carbons (Fsp3) is 0.105. The van der Waals surface area contributed by atoms with Gasteiger partial charge in [-0.15, -0.1) is 0 Å². The Bertz CT molecular complexity index is 932. The van der Waals surface area contributed by atoms with Crippen molar-refractivity contribution in [3.8, 4) is 22.9 Å². The van der Waals surface area contributed by atoms with Crippen LogP contribution in [0.25, 0.3) is 11.4 Å². The van der Waals surface area contributed by atoms with Gasteiger partial charge in [0, 0.05) is 11.8 Å². The van der Waals surface area contributed by atoms with Crippen LogP contribution in [0.4, 0.5) is 4.39 Å². The van der Waals surface area contributed by atoms with E-state index in [1.54, 1.807) is 24.3 Å². The molecule has 0 saturated heterocycles. The number of aliphatic hydroxyl groups excluding tert-OH is 2. The van der Waals surface area contributed by atoms with Crippen LogP contribution in [0, 0.1) is 5.82 Å². The molecule has 0 spiro atoms. The van der Waals surface area contributed by atoms with Crippen molar-refractivity contribution in [3.63, 3.8) is 0 Å². The fourth-order valence-electron chi connectivity index (χ4n) is 2.30. The van der Waals surface area contributed by atoms with Gasteiger partial charge in [0.2, 0.25) is 5.91 Å². The number of aromatic nitrogens is 2. The Morgan fingerprint density at radius 2 is 1.59 bits per heavy atom. The first-order valence-corrected chi connectivity index (χ1v) is 7.96. The summed E-state index contributed by atoms with van der Waals surface area (Å²) >= 11 is 0. The predicted octanol–water partition coefficient (Wildman–Crippen LogP) is 1.95. The van der Waals surface area contributed by atoms with Gasteiger partial charge in [0.25, 0.3) is 0 Å². The van der Waals surface area contributed by atoms with Gasteiger partial charge in [0.05, 0.1) is 5.69 Å². The molecule has 2 atom stereocenters. The van der Waals surface area contributed by atoms with Crippen molar-refractivity contribution in [2.45, 2.75) is 12.2 Å². The highest BCUT2D eigenvalue weighted by Gasteiger charge is 2.25. The van der Waals surface area contributed by atoms with Crippen molar-refractivity contribution in [2.24, 2.45) is 5.73 Å². The van der Waals surface area contributed by atoms with Gasteiger partial charge >= 0.3 is 0 Å². The summed E-state index contributed by atoms with van der Waals surface area (Å²) in [5, 5.41) is 19.5. The van der Waals surface area contributed by atoms with E-state index in [1.165, 1.54) is 36.5 Å². The van der Waals surface area contributed by atoms with Gasteiger partial charge < -0.3 is 20.7 Å². The molecule has 0 saturated carbocycles. The molecule has 0 aliphatic heterocycles. The molecule has 4 N–H and O–H groups in total. The number of nitrogens with two attached hydrogens (primary N) is 1. The van der Waals surface area contributed by atoms with Crippen molar-refractivity contribution in [1.82, 2.24) is 9.97 Å². The standard InChI is InChI=1S/C19H16FN3O4/c20-12-3-7-14(8-4-12)27-13-5-1-11(2-6-13)19-22-10-9-15(23-19)16(24)17(25)18(21)26/h1-10,16-17,24-25H,(H2,21,26)/t16-,17+/m1/s1. The topological polar surface area (TPSA) is 119 Å². The number of amides is 1. The maximum absolute atomic E-state index is 12.9. The summed E-state index contributed by atoms with van der Waals surface area (Å²) < 4.78 is 18.5. The molecule has 0 unspecified atom stereocenters. The summed E-state index contributed by atoms with van der Waals surface area (Å²) in [6.07, 6.45) is -1.91. The number of carbonyl (C=O) groups excluding carboxylic acids is 1. The Kier molecular flexibility index (Phi) is 5.39. The molecule has 0 aliphatic rings. The highest BCUT2D eigenvalue weighted by molar-refractivity contribution is 5.79. The second-order valence-corrected chi connectivity index (χ2v) is 5.68. The molecule has 2 aromatic carbocycles. The molecule has 1 aromatic heterocycles. The number of hydrogen-bond donors (Lipinski definition) is 3. The largest absolute Gasteiger partial charge is 0.457 e. The van der Waals surface area contributed by atoms with E-state index < -0.39 is 18.1 Å². The van der Waals surface area contributed by atoms with Crippen LogP contribution in [0.2, 0.25) is 0 Å². The van der Waals surface area contributed by atoms with E-state index in [4.69, 9.17) is 10.5 Å². The number of hydrogen-bond acceptors (Lipinski definition) is 6. The van der Waals surface area contributed by atoms with Crippen molar-refractivity contribution >= 4 is 5.91 Å². The lowest BCUT2D eigenvalue weighted by Gasteiger charge is -2.14. The molecule has 27 heavy (non-hydrogen) atoms. The first-order chi connectivity index (χ1) is 12.9.